The van der Waals surface area contributed by atoms with Crippen molar-refractivity contribution in [1.82, 2.24) is 10.3 Å². The van der Waals surface area contributed by atoms with Crippen LogP contribution < -0.4 is 5.32 Å². The fourth-order valence-electron chi connectivity index (χ4n) is 2.57. The summed E-state index contributed by atoms with van der Waals surface area (Å²) in [5, 5.41) is 12.0. The zero-order valence-electron chi connectivity index (χ0n) is 11.0. The number of hydrogen-bond acceptors (Lipinski definition) is 4. The molecule has 1 aliphatic heterocycles. The van der Waals surface area contributed by atoms with Crippen molar-refractivity contribution in [3.05, 3.63) is 41.6 Å². The lowest BCUT2D eigenvalue weighted by Gasteiger charge is -2.21. The van der Waals surface area contributed by atoms with E-state index in [0.717, 1.165) is 5.56 Å². The molecule has 1 aromatic heterocycles. The number of piperidine rings is 1. The van der Waals surface area contributed by atoms with Gasteiger partial charge in [-0.1, -0.05) is 18.2 Å². The summed E-state index contributed by atoms with van der Waals surface area (Å²) in [6, 6.07) is 6.83. The Morgan fingerprint density at radius 3 is 2.86 bits per heavy atom. The van der Waals surface area contributed by atoms with E-state index < -0.39 is 11.9 Å². The van der Waals surface area contributed by atoms with Crippen LogP contribution in [-0.4, -0.2) is 27.9 Å². The summed E-state index contributed by atoms with van der Waals surface area (Å²) in [7, 11) is 0. The van der Waals surface area contributed by atoms with Crippen molar-refractivity contribution < 1.29 is 19.5 Å². The first-order valence-corrected chi connectivity index (χ1v) is 6.52. The van der Waals surface area contributed by atoms with E-state index in [0.29, 0.717) is 23.7 Å². The number of amides is 2. The van der Waals surface area contributed by atoms with Crippen LogP contribution in [-0.2, 0) is 9.59 Å². The molecule has 3 rings (SSSR count). The van der Waals surface area contributed by atoms with Crippen LogP contribution in [0.25, 0.3) is 10.9 Å². The number of nitrogens with one attached hydrogen (secondary N) is 1. The summed E-state index contributed by atoms with van der Waals surface area (Å²) >= 11 is 0. The Labute approximate surface area is 119 Å². The highest BCUT2D eigenvalue weighted by Gasteiger charge is 2.29. The Kier molecular flexibility index (Phi) is 3.13. The smallest absolute Gasteiger partial charge is 0.337 e. The number of carboxylic acid groups (broad SMARTS) is 1. The second-order valence-electron chi connectivity index (χ2n) is 4.95. The Balaban J connectivity index is 2.09. The number of carbonyl (C=O) groups is 3. The van der Waals surface area contributed by atoms with Gasteiger partial charge in [-0.3, -0.25) is 19.9 Å². The highest BCUT2D eigenvalue weighted by atomic mass is 16.4. The second kappa shape index (κ2) is 4.97. The molecule has 6 heteroatoms. The van der Waals surface area contributed by atoms with Crippen LogP contribution in [0.1, 0.15) is 34.7 Å². The van der Waals surface area contributed by atoms with Gasteiger partial charge < -0.3 is 5.11 Å². The largest absolute Gasteiger partial charge is 0.478 e. The summed E-state index contributed by atoms with van der Waals surface area (Å²) in [5.41, 5.74) is 1.41. The first-order chi connectivity index (χ1) is 10.1. The van der Waals surface area contributed by atoms with Crippen LogP contribution in [0.3, 0.4) is 0 Å². The molecule has 106 valence electrons. The zero-order valence-corrected chi connectivity index (χ0v) is 11.0. The molecule has 0 radical (unpaired) electrons. The van der Waals surface area contributed by atoms with Crippen molar-refractivity contribution >= 4 is 28.7 Å². The summed E-state index contributed by atoms with van der Waals surface area (Å²) in [6.45, 7) is 0. The highest BCUT2D eigenvalue weighted by Crippen LogP contribution is 2.30. The minimum Gasteiger partial charge on any atom is -0.478 e. The molecule has 1 unspecified atom stereocenters. The molecule has 1 aromatic carbocycles. The van der Waals surface area contributed by atoms with Crippen molar-refractivity contribution in [2.45, 2.75) is 18.8 Å². The van der Waals surface area contributed by atoms with E-state index in [2.05, 4.69) is 10.3 Å². The van der Waals surface area contributed by atoms with Gasteiger partial charge in [0.2, 0.25) is 11.8 Å². The van der Waals surface area contributed by atoms with Crippen molar-refractivity contribution in [2.75, 3.05) is 0 Å². The number of para-hydroxylation sites is 1. The molecule has 2 N–H and O–H groups in total. The molecular weight excluding hydrogens is 272 g/mol. The number of pyridine rings is 1. The van der Waals surface area contributed by atoms with Gasteiger partial charge in [0, 0.05) is 18.0 Å². The predicted octanol–water partition coefficient (Wildman–Crippen LogP) is 1.45. The van der Waals surface area contributed by atoms with Crippen molar-refractivity contribution in [2.24, 2.45) is 0 Å². The number of rotatable bonds is 2. The Hall–Kier alpha value is -2.76. The molecule has 1 aliphatic rings. The van der Waals surface area contributed by atoms with E-state index in [4.69, 9.17) is 5.11 Å². The SMILES string of the molecule is O=C1CCC(c2cccc3cc(C(=O)O)cnc23)C(=O)N1. The molecule has 2 heterocycles. The lowest BCUT2D eigenvalue weighted by molar-refractivity contribution is -0.134. The number of hydrogen-bond donors (Lipinski definition) is 2. The highest BCUT2D eigenvalue weighted by molar-refractivity contribution is 6.03. The quantitative estimate of drug-likeness (QED) is 0.814. The molecule has 1 saturated heterocycles. The third kappa shape index (κ3) is 2.35. The molecule has 1 atom stereocenters. The minimum absolute atomic E-state index is 0.0999. The third-order valence-electron chi connectivity index (χ3n) is 3.60. The van der Waals surface area contributed by atoms with Crippen molar-refractivity contribution in [1.29, 1.82) is 0 Å². The number of carboxylic acids is 1. The number of aromatic nitrogens is 1. The predicted molar refractivity (Wildman–Crippen MR) is 73.8 cm³/mol. The average molecular weight is 284 g/mol. The summed E-state index contributed by atoms with van der Waals surface area (Å²) < 4.78 is 0. The fourth-order valence-corrected chi connectivity index (χ4v) is 2.57. The Morgan fingerprint density at radius 2 is 2.14 bits per heavy atom. The lowest BCUT2D eigenvalue weighted by Crippen LogP contribution is -2.39. The first kappa shape index (κ1) is 13.2. The minimum atomic E-state index is -1.05. The van der Waals surface area contributed by atoms with E-state index in [1.807, 2.05) is 0 Å². The number of carbonyl (C=O) groups excluding carboxylic acids is 2. The van der Waals surface area contributed by atoms with E-state index >= 15 is 0 Å². The topological polar surface area (TPSA) is 96.4 Å². The Bertz CT molecular complexity index is 769. The molecular formula is C15H12N2O4. The molecule has 0 aliphatic carbocycles. The van der Waals surface area contributed by atoms with Crippen LogP contribution in [0, 0.1) is 0 Å². The molecule has 21 heavy (non-hydrogen) atoms. The van der Waals surface area contributed by atoms with Crippen molar-refractivity contribution in [3.8, 4) is 0 Å². The van der Waals surface area contributed by atoms with Gasteiger partial charge in [0.15, 0.2) is 0 Å². The zero-order chi connectivity index (χ0) is 15.0. The molecule has 0 saturated carbocycles. The maximum Gasteiger partial charge on any atom is 0.337 e. The second-order valence-corrected chi connectivity index (χ2v) is 4.95. The third-order valence-corrected chi connectivity index (χ3v) is 3.60. The number of benzene rings is 1. The Morgan fingerprint density at radius 1 is 1.33 bits per heavy atom. The number of imide groups is 1. The average Bonchev–Trinajstić information content (AvgIpc) is 2.46. The molecule has 0 bridgehead atoms. The normalized spacial score (nSPS) is 18.6. The van der Waals surface area contributed by atoms with Gasteiger partial charge in [-0.15, -0.1) is 0 Å². The van der Waals surface area contributed by atoms with Gasteiger partial charge in [0.05, 0.1) is 17.0 Å². The van der Waals surface area contributed by atoms with Gasteiger partial charge >= 0.3 is 5.97 Å². The monoisotopic (exact) mass is 284 g/mol. The van der Waals surface area contributed by atoms with Gasteiger partial charge in [-0.05, 0) is 18.1 Å². The van der Waals surface area contributed by atoms with Crippen LogP contribution in [0.4, 0.5) is 0 Å². The van der Waals surface area contributed by atoms with Gasteiger partial charge in [-0.25, -0.2) is 4.79 Å². The maximum absolute atomic E-state index is 12.0. The summed E-state index contributed by atoms with van der Waals surface area (Å²) in [5.74, 6) is -2.08. The number of nitrogens with zero attached hydrogens (tertiary/aromatic N) is 1. The van der Waals surface area contributed by atoms with E-state index in [1.165, 1.54) is 12.3 Å². The number of fused-ring (bicyclic) bond motifs is 1. The summed E-state index contributed by atoms with van der Waals surface area (Å²) in [4.78, 5) is 38.4. The maximum atomic E-state index is 12.0. The van der Waals surface area contributed by atoms with Gasteiger partial charge in [0.1, 0.15) is 0 Å². The van der Waals surface area contributed by atoms with E-state index in [1.54, 1.807) is 18.2 Å². The van der Waals surface area contributed by atoms with Crippen LogP contribution in [0.15, 0.2) is 30.5 Å². The molecule has 0 spiro atoms. The molecule has 2 aromatic rings. The summed E-state index contributed by atoms with van der Waals surface area (Å²) in [6.07, 6.45) is 2.01. The van der Waals surface area contributed by atoms with E-state index in [9.17, 15) is 14.4 Å². The fraction of sp³-hybridized carbons (Fsp3) is 0.200. The van der Waals surface area contributed by atoms with Crippen molar-refractivity contribution in [3.63, 3.8) is 0 Å². The number of aromatic carboxylic acids is 1. The van der Waals surface area contributed by atoms with Gasteiger partial charge in [-0.2, -0.15) is 0 Å². The van der Waals surface area contributed by atoms with Gasteiger partial charge in [0.25, 0.3) is 0 Å². The first-order valence-electron chi connectivity index (χ1n) is 6.52. The standard InChI is InChI=1S/C15H12N2O4/c18-12-5-4-11(14(19)17-12)10-3-1-2-8-6-9(15(20)21)7-16-13(8)10/h1-3,6-7,11H,4-5H2,(H,20,21)(H,17,18,19). The molecule has 2 amide bonds. The molecule has 1 fully saturated rings. The van der Waals surface area contributed by atoms with Crippen LogP contribution in [0.5, 0.6) is 0 Å². The van der Waals surface area contributed by atoms with Crippen LogP contribution in [0.2, 0.25) is 0 Å². The van der Waals surface area contributed by atoms with E-state index in [-0.39, 0.29) is 17.4 Å². The van der Waals surface area contributed by atoms with Crippen LogP contribution >= 0.6 is 0 Å². The molecule has 6 nitrogen and oxygen atoms in total. The lowest BCUT2D eigenvalue weighted by atomic mass is 9.89.